The summed E-state index contributed by atoms with van der Waals surface area (Å²) in [6, 6.07) is 17.8. The van der Waals surface area contributed by atoms with Gasteiger partial charge in [0.25, 0.3) is 0 Å². The van der Waals surface area contributed by atoms with E-state index in [-0.39, 0.29) is 18.4 Å². The van der Waals surface area contributed by atoms with Gasteiger partial charge in [-0.15, -0.1) is 5.10 Å². The van der Waals surface area contributed by atoms with Crippen LogP contribution >= 0.6 is 0 Å². The molecule has 2 aromatic carbocycles. The van der Waals surface area contributed by atoms with Crippen LogP contribution in [0.4, 0.5) is 5.69 Å². The molecule has 2 aliphatic rings. The first-order valence-electron chi connectivity index (χ1n) is 12.8. The van der Waals surface area contributed by atoms with Crippen molar-refractivity contribution in [3.63, 3.8) is 0 Å². The Hall–Kier alpha value is -4.01. The van der Waals surface area contributed by atoms with Crippen molar-refractivity contribution in [2.75, 3.05) is 24.5 Å². The summed E-state index contributed by atoms with van der Waals surface area (Å²) in [7, 11) is 0. The van der Waals surface area contributed by atoms with Crippen LogP contribution in [0.5, 0.6) is 0 Å². The number of anilines is 1. The number of amides is 3. The topological polar surface area (TPSA) is 91.6 Å². The van der Waals surface area contributed by atoms with E-state index in [4.69, 9.17) is 0 Å². The van der Waals surface area contributed by atoms with Crippen molar-refractivity contribution in [3.8, 4) is 0 Å². The Morgan fingerprint density at radius 1 is 0.892 bits per heavy atom. The number of piperazine rings is 1. The van der Waals surface area contributed by atoms with Gasteiger partial charge in [-0.1, -0.05) is 61.5 Å². The van der Waals surface area contributed by atoms with Crippen LogP contribution in [0.25, 0.3) is 0 Å². The number of hydrogen-bond acceptors (Lipinski definition) is 5. The first-order valence-corrected chi connectivity index (χ1v) is 12.8. The van der Waals surface area contributed by atoms with Crippen molar-refractivity contribution in [2.45, 2.75) is 45.8 Å². The molecule has 9 heteroatoms. The fourth-order valence-corrected chi connectivity index (χ4v) is 5.00. The van der Waals surface area contributed by atoms with E-state index in [0.29, 0.717) is 50.8 Å². The highest BCUT2D eigenvalue weighted by Crippen LogP contribution is 2.24. The summed E-state index contributed by atoms with van der Waals surface area (Å²) in [5, 5.41) is 8.43. The van der Waals surface area contributed by atoms with Crippen LogP contribution in [0.1, 0.15) is 43.0 Å². The molecule has 1 aromatic heterocycles. The number of aromatic nitrogens is 3. The highest BCUT2D eigenvalue weighted by Gasteiger charge is 2.34. The third kappa shape index (κ3) is 5.55. The van der Waals surface area contributed by atoms with E-state index < -0.39 is 11.8 Å². The molecule has 192 valence electrons. The summed E-state index contributed by atoms with van der Waals surface area (Å²) in [5.74, 6) is -0.362. The van der Waals surface area contributed by atoms with Gasteiger partial charge in [0.05, 0.1) is 12.7 Å². The molecule has 37 heavy (non-hydrogen) atoms. The van der Waals surface area contributed by atoms with Gasteiger partial charge in [0.1, 0.15) is 5.69 Å². The van der Waals surface area contributed by atoms with Crippen molar-refractivity contribution in [3.05, 3.63) is 77.6 Å². The van der Waals surface area contributed by atoms with Gasteiger partial charge in [0.2, 0.25) is 5.91 Å². The normalized spacial score (nSPS) is 18.4. The molecule has 2 fully saturated rings. The Morgan fingerprint density at radius 3 is 2.38 bits per heavy atom. The molecule has 1 unspecified atom stereocenters. The van der Waals surface area contributed by atoms with Crippen molar-refractivity contribution in [1.29, 1.82) is 0 Å². The predicted molar refractivity (Wildman–Crippen MR) is 138 cm³/mol. The number of nitrogens with zero attached hydrogens (tertiary/aromatic N) is 6. The second kappa shape index (κ2) is 10.5. The fraction of sp³-hybridized carbons (Fsp3) is 0.393. The lowest BCUT2D eigenvalue weighted by Gasteiger charge is -2.33. The van der Waals surface area contributed by atoms with E-state index in [2.05, 4.69) is 24.2 Å². The van der Waals surface area contributed by atoms with Crippen LogP contribution in [-0.4, -0.2) is 62.1 Å². The molecule has 9 nitrogen and oxygen atoms in total. The molecule has 2 aliphatic heterocycles. The first-order chi connectivity index (χ1) is 17.9. The molecule has 0 N–H and O–H groups in total. The average Bonchev–Trinajstić information content (AvgIpc) is 3.48. The van der Waals surface area contributed by atoms with Gasteiger partial charge < -0.3 is 14.7 Å². The maximum atomic E-state index is 12.8. The predicted octanol–water partition coefficient (Wildman–Crippen LogP) is 2.83. The number of benzene rings is 2. The number of carbonyl (C=O) groups excluding carboxylic acids is 3. The molecule has 3 amide bonds. The number of likely N-dealkylation sites (tertiary alicyclic amines) is 1. The zero-order valence-electron chi connectivity index (χ0n) is 21.3. The molecule has 1 atom stereocenters. The van der Waals surface area contributed by atoms with Gasteiger partial charge in [-0.25, -0.2) is 0 Å². The maximum absolute atomic E-state index is 12.8. The minimum Gasteiger partial charge on any atom is -0.338 e. The molecule has 0 aliphatic carbocycles. The van der Waals surface area contributed by atoms with Gasteiger partial charge in [-0.05, 0) is 29.2 Å². The third-order valence-corrected chi connectivity index (χ3v) is 7.08. The number of carbonyl (C=O) groups is 3. The molecule has 5 rings (SSSR count). The van der Waals surface area contributed by atoms with Gasteiger partial charge in [-0.2, -0.15) is 0 Å². The van der Waals surface area contributed by atoms with Crippen LogP contribution in [0.3, 0.4) is 0 Å². The lowest BCUT2D eigenvalue weighted by atomic mass is 10.0. The lowest BCUT2D eigenvalue weighted by Crippen LogP contribution is -2.54. The van der Waals surface area contributed by atoms with Crippen LogP contribution in [0.15, 0.2) is 60.8 Å². The molecule has 3 heterocycles. The van der Waals surface area contributed by atoms with Crippen molar-refractivity contribution < 1.29 is 14.4 Å². The Labute approximate surface area is 216 Å². The molecule has 0 saturated carbocycles. The Balaban J connectivity index is 1.15. The maximum Gasteiger partial charge on any atom is 0.316 e. The fourth-order valence-electron chi connectivity index (χ4n) is 5.00. The second-order valence-electron chi connectivity index (χ2n) is 10.2. The smallest absolute Gasteiger partial charge is 0.316 e. The molecule has 3 aromatic rings. The third-order valence-electron chi connectivity index (χ3n) is 7.08. The van der Waals surface area contributed by atoms with Crippen molar-refractivity contribution in [2.24, 2.45) is 5.92 Å². The molecule has 2 saturated heterocycles. The minimum atomic E-state index is -0.535. The van der Waals surface area contributed by atoms with Crippen LogP contribution in [0, 0.1) is 5.92 Å². The van der Waals surface area contributed by atoms with Gasteiger partial charge in [-0.3, -0.25) is 19.1 Å². The van der Waals surface area contributed by atoms with Gasteiger partial charge >= 0.3 is 11.8 Å². The Morgan fingerprint density at radius 2 is 1.65 bits per heavy atom. The van der Waals surface area contributed by atoms with E-state index in [1.54, 1.807) is 10.9 Å². The minimum absolute atomic E-state index is 0.148. The summed E-state index contributed by atoms with van der Waals surface area (Å²) in [5.41, 5.74) is 3.67. The zero-order valence-corrected chi connectivity index (χ0v) is 21.3. The first kappa shape index (κ1) is 24.7. The summed E-state index contributed by atoms with van der Waals surface area (Å²) in [4.78, 5) is 43.1. The molecule has 0 spiro atoms. The van der Waals surface area contributed by atoms with Gasteiger partial charge in [0.15, 0.2) is 0 Å². The summed E-state index contributed by atoms with van der Waals surface area (Å²) in [6.45, 7) is 7.19. The summed E-state index contributed by atoms with van der Waals surface area (Å²) in [6.07, 6.45) is 2.29. The lowest BCUT2D eigenvalue weighted by molar-refractivity contribution is -0.146. The Kier molecular flexibility index (Phi) is 7.03. The molecule has 0 bridgehead atoms. The molecule has 0 radical (unpaired) electrons. The highest BCUT2D eigenvalue weighted by atomic mass is 16.2. The van der Waals surface area contributed by atoms with Crippen LogP contribution < -0.4 is 4.90 Å². The number of hydrogen-bond donors (Lipinski definition) is 0. The standard InChI is InChI=1S/C28H32N6O3/c1-20(2)23-8-10-25(11-9-23)34-13-12-31(27(36)28(34)37)18-24-19-33(30-29-24)17-22-14-26(35)32(16-22)15-21-6-4-3-5-7-21/h3-11,19-20,22H,12-18H2,1-2H3. The highest BCUT2D eigenvalue weighted by molar-refractivity contribution is 6.40. The monoisotopic (exact) mass is 500 g/mol. The molecular weight excluding hydrogens is 468 g/mol. The SMILES string of the molecule is CC(C)c1ccc(N2CCN(Cc3cn(CC4CC(=O)N(Cc5ccccc5)C4)nn3)C(=O)C2=O)cc1. The van der Waals surface area contributed by atoms with E-state index in [1.807, 2.05) is 59.5 Å². The Bertz CT molecular complexity index is 1270. The van der Waals surface area contributed by atoms with E-state index in [1.165, 1.54) is 15.4 Å². The van der Waals surface area contributed by atoms with Crippen LogP contribution in [0.2, 0.25) is 0 Å². The van der Waals surface area contributed by atoms with Gasteiger partial charge in [0, 0.05) is 50.7 Å². The van der Waals surface area contributed by atoms with Crippen LogP contribution in [-0.2, 0) is 34.0 Å². The zero-order chi connectivity index (χ0) is 25.9. The van der Waals surface area contributed by atoms with E-state index in [0.717, 1.165) is 11.3 Å². The largest absolute Gasteiger partial charge is 0.338 e. The second-order valence-corrected chi connectivity index (χ2v) is 10.2. The average molecular weight is 501 g/mol. The van der Waals surface area contributed by atoms with E-state index >= 15 is 0 Å². The summed E-state index contributed by atoms with van der Waals surface area (Å²) < 4.78 is 1.73. The molecular formula is C28H32N6O3. The summed E-state index contributed by atoms with van der Waals surface area (Å²) >= 11 is 0. The van der Waals surface area contributed by atoms with Crippen molar-refractivity contribution in [1.82, 2.24) is 24.8 Å². The van der Waals surface area contributed by atoms with Crippen molar-refractivity contribution >= 4 is 23.4 Å². The van der Waals surface area contributed by atoms with E-state index in [9.17, 15) is 14.4 Å². The number of rotatable bonds is 8. The quantitative estimate of drug-likeness (QED) is 0.444.